The number of rotatable bonds is 6. The smallest absolute Gasteiger partial charge is 0.267 e. The second kappa shape index (κ2) is 8.24. The number of nitrogens with zero attached hydrogens (tertiary/aromatic N) is 3. The van der Waals surface area contributed by atoms with Crippen LogP contribution in [0.25, 0.3) is 0 Å². The minimum absolute atomic E-state index is 0.315. The molecule has 0 aliphatic heterocycles. The zero-order valence-electron chi connectivity index (χ0n) is 13.6. The van der Waals surface area contributed by atoms with Crippen LogP contribution in [0.1, 0.15) is 22.4 Å². The summed E-state index contributed by atoms with van der Waals surface area (Å²) in [5, 5.41) is 6.83. The summed E-state index contributed by atoms with van der Waals surface area (Å²) in [6, 6.07) is 1.57. The third-order valence-corrected chi connectivity index (χ3v) is 4.30. The van der Waals surface area contributed by atoms with E-state index in [0.29, 0.717) is 43.1 Å². The van der Waals surface area contributed by atoms with Gasteiger partial charge in [-0.25, -0.2) is 15.0 Å². The predicted molar refractivity (Wildman–Crippen MR) is 103 cm³/mol. The van der Waals surface area contributed by atoms with Gasteiger partial charge >= 0.3 is 0 Å². The molecule has 2 N–H and O–H groups in total. The van der Waals surface area contributed by atoms with Gasteiger partial charge in [0.2, 0.25) is 0 Å². The largest absolute Gasteiger partial charge is 0.320 e. The Labute approximate surface area is 159 Å². The van der Waals surface area contributed by atoms with E-state index >= 15 is 0 Å². The lowest BCUT2D eigenvalue weighted by atomic mass is 10.2. The van der Waals surface area contributed by atoms with Gasteiger partial charge in [0, 0.05) is 6.07 Å². The third-order valence-electron chi connectivity index (χ3n) is 2.85. The van der Waals surface area contributed by atoms with Gasteiger partial charge in [-0.2, -0.15) is 0 Å². The van der Waals surface area contributed by atoms with Crippen molar-refractivity contribution >= 4 is 51.4 Å². The maximum atomic E-state index is 12.4. The molecule has 0 radical (unpaired) electrons. The van der Waals surface area contributed by atoms with Gasteiger partial charge < -0.3 is 10.6 Å². The fraction of sp³-hybridized carbons (Fsp3) is 0.125. The predicted octanol–water partition coefficient (Wildman–Crippen LogP) is 4.58. The van der Waals surface area contributed by atoms with Gasteiger partial charge in [-0.15, -0.1) is 0 Å². The number of thiazole rings is 1. The summed E-state index contributed by atoms with van der Waals surface area (Å²) in [6.45, 7) is 10.8. The summed E-state index contributed by atoms with van der Waals surface area (Å²) < 4.78 is 0. The molecule has 0 saturated heterocycles. The molecule has 2 heterocycles. The molecule has 0 aliphatic rings. The van der Waals surface area contributed by atoms with Crippen molar-refractivity contribution in [3.63, 3.8) is 0 Å². The van der Waals surface area contributed by atoms with Crippen molar-refractivity contribution in [2.75, 3.05) is 5.32 Å². The molecular formula is C16H15Cl2N5OS. The van der Waals surface area contributed by atoms with Crippen molar-refractivity contribution in [1.29, 1.82) is 0 Å². The highest BCUT2D eigenvalue weighted by Crippen LogP contribution is 2.24. The Morgan fingerprint density at radius 3 is 2.72 bits per heavy atom. The van der Waals surface area contributed by atoms with Gasteiger partial charge in [-0.1, -0.05) is 47.7 Å². The van der Waals surface area contributed by atoms with Gasteiger partial charge in [0.15, 0.2) is 5.13 Å². The fourth-order valence-electron chi connectivity index (χ4n) is 1.79. The highest BCUT2D eigenvalue weighted by atomic mass is 35.5. The number of allylic oxidation sites excluding steroid dienone is 3. The first kappa shape index (κ1) is 19.1. The number of carbonyl (C=O) groups is 1. The summed E-state index contributed by atoms with van der Waals surface area (Å²) in [7, 11) is 0. The number of halogens is 2. The van der Waals surface area contributed by atoms with Crippen LogP contribution in [-0.2, 0) is 0 Å². The van der Waals surface area contributed by atoms with Crippen LogP contribution in [0.15, 0.2) is 47.8 Å². The molecule has 130 valence electrons. The normalized spacial score (nSPS) is 11.5. The highest BCUT2D eigenvalue weighted by Gasteiger charge is 2.14. The first-order chi connectivity index (χ1) is 11.8. The standard InChI is InChI=1S/C16H15Cl2N5OS/c1-5-10(17)14(8(2)3)23-15(24)11-7-19-16(25-11)22-13-6-12(18)20-9(4)21-13/h5-7H,1-2H2,3-4H3,(H,23,24)(H,19,20,21,22)/b14-10-. The van der Waals surface area contributed by atoms with E-state index in [-0.39, 0.29) is 5.91 Å². The molecule has 2 aromatic rings. The second-order valence-electron chi connectivity index (χ2n) is 4.94. The molecule has 0 unspecified atom stereocenters. The average molecular weight is 396 g/mol. The van der Waals surface area contributed by atoms with Gasteiger partial charge in [0.25, 0.3) is 5.91 Å². The van der Waals surface area contributed by atoms with E-state index in [4.69, 9.17) is 23.2 Å². The minimum Gasteiger partial charge on any atom is -0.320 e. The van der Waals surface area contributed by atoms with E-state index in [1.165, 1.54) is 12.3 Å². The summed E-state index contributed by atoms with van der Waals surface area (Å²) >= 11 is 13.1. The highest BCUT2D eigenvalue weighted by molar-refractivity contribution is 7.17. The lowest BCUT2D eigenvalue weighted by Crippen LogP contribution is -2.23. The molecule has 6 nitrogen and oxygen atoms in total. The van der Waals surface area contributed by atoms with E-state index in [9.17, 15) is 4.79 Å². The third kappa shape index (κ3) is 5.12. The second-order valence-corrected chi connectivity index (χ2v) is 6.76. The Kier molecular flexibility index (Phi) is 6.30. The number of hydrogen-bond acceptors (Lipinski definition) is 6. The van der Waals surface area contributed by atoms with Crippen molar-refractivity contribution in [2.45, 2.75) is 13.8 Å². The SMILES string of the molecule is C=C/C(Cl)=C(/NC(=O)c1cnc(Nc2cc(Cl)nc(C)n2)s1)C(=C)C. The molecule has 2 aromatic heterocycles. The monoisotopic (exact) mass is 395 g/mol. The van der Waals surface area contributed by atoms with E-state index in [2.05, 4.69) is 38.7 Å². The van der Waals surface area contributed by atoms with E-state index < -0.39 is 0 Å². The number of amides is 1. The maximum absolute atomic E-state index is 12.4. The van der Waals surface area contributed by atoms with Crippen LogP contribution in [0.3, 0.4) is 0 Å². The zero-order chi connectivity index (χ0) is 18.6. The van der Waals surface area contributed by atoms with Crippen LogP contribution in [-0.4, -0.2) is 20.9 Å². The first-order valence-corrected chi connectivity index (χ1v) is 8.61. The quantitative estimate of drug-likeness (QED) is 0.552. The molecule has 2 rings (SSSR count). The minimum atomic E-state index is -0.347. The molecule has 0 aromatic carbocycles. The van der Waals surface area contributed by atoms with Crippen molar-refractivity contribution < 1.29 is 4.79 Å². The molecule has 1 amide bonds. The molecule has 0 atom stereocenters. The van der Waals surface area contributed by atoms with Crippen molar-refractivity contribution in [1.82, 2.24) is 20.3 Å². The van der Waals surface area contributed by atoms with Gasteiger partial charge in [0.05, 0.1) is 16.9 Å². The molecular weight excluding hydrogens is 381 g/mol. The number of aryl methyl sites for hydroxylation is 1. The molecule has 0 bridgehead atoms. The maximum Gasteiger partial charge on any atom is 0.267 e. The lowest BCUT2D eigenvalue weighted by Gasteiger charge is -2.09. The van der Waals surface area contributed by atoms with E-state index in [0.717, 1.165) is 11.3 Å². The van der Waals surface area contributed by atoms with Crippen molar-refractivity contribution in [3.8, 4) is 0 Å². The van der Waals surface area contributed by atoms with Gasteiger partial charge in [-0.05, 0) is 25.5 Å². The number of nitrogens with one attached hydrogen (secondary N) is 2. The van der Waals surface area contributed by atoms with Crippen LogP contribution in [0.5, 0.6) is 0 Å². The Balaban J connectivity index is 2.16. The number of anilines is 2. The Morgan fingerprint density at radius 1 is 1.40 bits per heavy atom. The molecule has 25 heavy (non-hydrogen) atoms. The van der Waals surface area contributed by atoms with Crippen molar-refractivity contribution in [2.24, 2.45) is 0 Å². The van der Waals surface area contributed by atoms with Crippen LogP contribution >= 0.6 is 34.5 Å². The Morgan fingerprint density at radius 2 is 2.12 bits per heavy atom. The van der Waals surface area contributed by atoms with Crippen LogP contribution in [0.4, 0.5) is 10.9 Å². The van der Waals surface area contributed by atoms with E-state index in [1.54, 1.807) is 19.9 Å². The summed E-state index contributed by atoms with van der Waals surface area (Å²) in [5.74, 6) is 0.677. The molecule has 9 heteroatoms. The molecule has 0 saturated carbocycles. The number of aromatic nitrogens is 3. The summed E-state index contributed by atoms with van der Waals surface area (Å²) in [5.41, 5.74) is 1.04. The molecule has 0 fully saturated rings. The number of hydrogen-bond donors (Lipinski definition) is 2. The zero-order valence-corrected chi connectivity index (χ0v) is 15.9. The summed E-state index contributed by atoms with van der Waals surface area (Å²) in [4.78, 5) is 25.1. The van der Waals surface area contributed by atoms with Crippen LogP contribution < -0.4 is 10.6 Å². The van der Waals surface area contributed by atoms with Crippen LogP contribution in [0, 0.1) is 6.92 Å². The van der Waals surface area contributed by atoms with E-state index in [1.807, 2.05) is 0 Å². The van der Waals surface area contributed by atoms with Gasteiger partial charge in [0.1, 0.15) is 21.7 Å². The topological polar surface area (TPSA) is 79.8 Å². The van der Waals surface area contributed by atoms with Crippen LogP contribution in [0.2, 0.25) is 5.15 Å². The summed E-state index contributed by atoms with van der Waals surface area (Å²) in [6.07, 6.45) is 2.89. The van der Waals surface area contributed by atoms with Crippen molar-refractivity contribution in [3.05, 3.63) is 63.7 Å². The first-order valence-electron chi connectivity index (χ1n) is 7.03. The average Bonchev–Trinajstić information content (AvgIpc) is 2.98. The fourth-order valence-corrected chi connectivity index (χ4v) is 2.94. The lowest BCUT2D eigenvalue weighted by molar-refractivity contribution is 0.0970. The number of carbonyl (C=O) groups excluding carboxylic acids is 1. The van der Waals surface area contributed by atoms with Gasteiger partial charge in [-0.3, -0.25) is 4.79 Å². The molecule has 0 aliphatic carbocycles. The molecule has 0 spiro atoms. The Bertz CT molecular complexity index is 855. The Hall–Kier alpha value is -2.22.